The van der Waals surface area contributed by atoms with Gasteiger partial charge in [-0.3, -0.25) is 4.79 Å². The SMILES string of the molecule is CC1(C)CC(c2ccc(F)cc2)=CC(c2ccc(F)cc2)=C1C=C[C@H]1C[C@H](O)CC(=O)O1. The molecule has 3 nitrogen and oxygen atoms in total. The van der Waals surface area contributed by atoms with Gasteiger partial charge in [0.1, 0.15) is 17.7 Å². The average Bonchev–Trinajstić information content (AvgIpc) is 2.72. The van der Waals surface area contributed by atoms with Crippen LogP contribution >= 0.6 is 0 Å². The molecule has 1 N–H and O–H groups in total. The van der Waals surface area contributed by atoms with Crippen LogP contribution in [0.15, 0.2) is 72.3 Å². The van der Waals surface area contributed by atoms with Crippen molar-refractivity contribution < 1.29 is 23.4 Å². The van der Waals surface area contributed by atoms with Gasteiger partial charge in [-0.05, 0) is 70.0 Å². The molecule has 1 aliphatic heterocycles. The number of esters is 1. The van der Waals surface area contributed by atoms with E-state index in [1.807, 2.05) is 12.2 Å². The lowest BCUT2D eigenvalue weighted by Crippen LogP contribution is -2.31. The molecule has 0 amide bonds. The van der Waals surface area contributed by atoms with Crippen molar-refractivity contribution >= 4 is 17.1 Å². The van der Waals surface area contributed by atoms with Crippen LogP contribution < -0.4 is 0 Å². The molecule has 0 radical (unpaired) electrons. The summed E-state index contributed by atoms with van der Waals surface area (Å²) >= 11 is 0. The number of rotatable bonds is 4. The van der Waals surface area contributed by atoms with Crippen LogP contribution in [-0.2, 0) is 9.53 Å². The highest BCUT2D eigenvalue weighted by atomic mass is 19.1. The van der Waals surface area contributed by atoms with Gasteiger partial charge in [0.2, 0.25) is 0 Å². The zero-order valence-electron chi connectivity index (χ0n) is 18.1. The average molecular weight is 436 g/mol. The summed E-state index contributed by atoms with van der Waals surface area (Å²) in [5.41, 5.74) is 4.51. The second-order valence-electron chi connectivity index (χ2n) is 9.05. The Bertz CT molecular complexity index is 1090. The predicted molar refractivity (Wildman–Crippen MR) is 120 cm³/mol. The molecule has 2 aromatic rings. The number of ether oxygens (including phenoxy) is 1. The van der Waals surface area contributed by atoms with Crippen molar-refractivity contribution in [3.8, 4) is 0 Å². The van der Waals surface area contributed by atoms with Crippen LogP contribution in [0.3, 0.4) is 0 Å². The number of carbonyl (C=O) groups is 1. The molecular formula is C27H26F2O3. The summed E-state index contributed by atoms with van der Waals surface area (Å²) < 4.78 is 32.4. The van der Waals surface area contributed by atoms with E-state index in [1.165, 1.54) is 24.3 Å². The number of allylic oxidation sites excluding steroid dienone is 5. The molecule has 166 valence electrons. The third-order valence-electron chi connectivity index (χ3n) is 6.01. The van der Waals surface area contributed by atoms with Crippen LogP contribution in [0.5, 0.6) is 0 Å². The first-order valence-corrected chi connectivity index (χ1v) is 10.7. The molecule has 1 saturated heterocycles. The Kier molecular flexibility index (Phi) is 6.11. The molecule has 5 heteroatoms. The van der Waals surface area contributed by atoms with Gasteiger partial charge >= 0.3 is 5.97 Å². The van der Waals surface area contributed by atoms with Crippen molar-refractivity contribution in [3.05, 3.63) is 95.1 Å². The molecule has 0 bridgehead atoms. The first-order chi connectivity index (χ1) is 15.2. The fourth-order valence-corrected chi connectivity index (χ4v) is 4.40. The highest BCUT2D eigenvalue weighted by molar-refractivity contribution is 5.90. The standard InChI is InChI=1S/C27H26F2O3/c1-27(2)16-19(17-3-7-20(28)8-4-17)13-24(18-5-9-21(29)10-6-18)25(27)12-11-23-14-22(30)15-26(31)32-23/h3-13,22-23,30H,14-16H2,1-2H3/t22-,23-/m0/s1. The maximum Gasteiger partial charge on any atom is 0.309 e. The summed E-state index contributed by atoms with van der Waals surface area (Å²) in [4.78, 5) is 11.7. The lowest BCUT2D eigenvalue weighted by molar-refractivity contribution is -0.156. The lowest BCUT2D eigenvalue weighted by atomic mass is 9.70. The highest BCUT2D eigenvalue weighted by Crippen LogP contribution is 2.46. The van der Waals surface area contributed by atoms with E-state index < -0.39 is 18.2 Å². The van der Waals surface area contributed by atoms with E-state index in [1.54, 1.807) is 24.3 Å². The van der Waals surface area contributed by atoms with Gasteiger partial charge in [-0.1, -0.05) is 50.3 Å². The number of cyclic esters (lactones) is 1. The Hall–Kier alpha value is -3.05. The molecule has 2 atom stereocenters. The third-order valence-corrected chi connectivity index (χ3v) is 6.01. The van der Waals surface area contributed by atoms with E-state index in [4.69, 9.17) is 4.74 Å². The Morgan fingerprint density at radius 1 is 1.00 bits per heavy atom. The van der Waals surface area contributed by atoms with Crippen LogP contribution in [0.1, 0.15) is 44.2 Å². The Morgan fingerprint density at radius 3 is 2.19 bits per heavy atom. The summed E-state index contributed by atoms with van der Waals surface area (Å²) in [6.45, 7) is 4.24. The predicted octanol–water partition coefficient (Wildman–Crippen LogP) is 5.85. The van der Waals surface area contributed by atoms with Gasteiger partial charge in [-0.2, -0.15) is 0 Å². The lowest BCUT2D eigenvalue weighted by Gasteiger charge is -2.34. The first-order valence-electron chi connectivity index (χ1n) is 10.7. The summed E-state index contributed by atoms with van der Waals surface area (Å²) in [6.07, 6.45) is 5.72. The van der Waals surface area contributed by atoms with Crippen molar-refractivity contribution in [2.24, 2.45) is 5.41 Å². The summed E-state index contributed by atoms with van der Waals surface area (Å²) in [7, 11) is 0. The Morgan fingerprint density at radius 2 is 1.59 bits per heavy atom. The summed E-state index contributed by atoms with van der Waals surface area (Å²) in [6, 6.07) is 12.8. The molecule has 1 heterocycles. The van der Waals surface area contributed by atoms with Crippen molar-refractivity contribution in [3.63, 3.8) is 0 Å². The highest BCUT2D eigenvalue weighted by Gasteiger charge is 2.31. The van der Waals surface area contributed by atoms with Crippen LogP contribution in [0.25, 0.3) is 11.1 Å². The van der Waals surface area contributed by atoms with E-state index in [-0.39, 0.29) is 23.5 Å². The summed E-state index contributed by atoms with van der Waals surface area (Å²) in [5, 5.41) is 9.91. The molecule has 1 aliphatic carbocycles. The van der Waals surface area contributed by atoms with Crippen molar-refractivity contribution in [2.45, 2.75) is 45.3 Å². The van der Waals surface area contributed by atoms with E-state index in [9.17, 15) is 18.7 Å². The van der Waals surface area contributed by atoms with Gasteiger partial charge in [0, 0.05) is 6.42 Å². The zero-order valence-corrected chi connectivity index (χ0v) is 18.1. The minimum atomic E-state index is -0.708. The van der Waals surface area contributed by atoms with E-state index in [2.05, 4.69) is 19.9 Å². The number of aliphatic hydroxyl groups excluding tert-OH is 1. The van der Waals surface area contributed by atoms with E-state index in [0.717, 1.165) is 34.3 Å². The molecule has 2 aromatic carbocycles. The third kappa shape index (κ3) is 4.89. The number of aliphatic hydroxyl groups is 1. The number of hydrogen-bond acceptors (Lipinski definition) is 3. The number of halogens is 2. The van der Waals surface area contributed by atoms with Gasteiger partial charge in [-0.25, -0.2) is 8.78 Å². The van der Waals surface area contributed by atoms with Crippen molar-refractivity contribution in [2.75, 3.05) is 0 Å². The molecule has 0 aromatic heterocycles. The molecule has 0 saturated carbocycles. The minimum Gasteiger partial charge on any atom is -0.458 e. The molecule has 0 spiro atoms. The molecular weight excluding hydrogens is 410 g/mol. The van der Waals surface area contributed by atoms with Crippen molar-refractivity contribution in [1.82, 2.24) is 0 Å². The second kappa shape index (κ2) is 8.83. The van der Waals surface area contributed by atoms with Gasteiger partial charge in [0.25, 0.3) is 0 Å². The second-order valence-corrected chi connectivity index (χ2v) is 9.05. The number of benzene rings is 2. The first kappa shape index (κ1) is 22.2. The van der Waals surface area contributed by atoms with Crippen LogP contribution in [0.4, 0.5) is 8.78 Å². The van der Waals surface area contributed by atoms with E-state index in [0.29, 0.717) is 6.42 Å². The van der Waals surface area contributed by atoms with Crippen LogP contribution in [0.2, 0.25) is 0 Å². The molecule has 0 unspecified atom stereocenters. The van der Waals surface area contributed by atoms with Crippen LogP contribution in [-0.4, -0.2) is 23.3 Å². The van der Waals surface area contributed by atoms with Crippen LogP contribution in [0, 0.1) is 17.0 Å². The number of hydrogen-bond donors (Lipinski definition) is 1. The monoisotopic (exact) mass is 436 g/mol. The minimum absolute atomic E-state index is 0.0170. The topological polar surface area (TPSA) is 46.5 Å². The quantitative estimate of drug-likeness (QED) is 0.611. The number of carbonyl (C=O) groups excluding carboxylic acids is 1. The largest absolute Gasteiger partial charge is 0.458 e. The normalized spacial score (nSPS) is 23.3. The molecule has 32 heavy (non-hydrogen) atoms. The van der Waals surface area contributed by atoms with Gasteiger partial charge < -0.3 is 9.84 Å². The molecule has 1 fully saturated rings. The van der Waals surface area contributed by atoms with Gasteiger partial charge in [0.15, 0.2) is 0 Å². The smallest absolute Gasteiger partial charge is 0.309 e. The van der Waals surface area contributed by atoms with Gasteiger partial charge in [0.05, 0.1) is 12.5 Å². The van der Waals surface area contributed by atoms with Crippen molar-refractivity contribution in [1.29, 1.82) is 0 Å². The Balaban J connectivity index is 1.79. The molecule has 2 aliphatic rings. The zero-order chi connectivity index (χ0) is 22.9. The molecule has 4 rings (SSSR count). The van der Waals surface area contributed by atoms with Gasteiger partial charge in [-0.15, -0.1) is 0 Å². The summed E-state index contributed by atoms with van der Waals surface area (Å²) in [5.74, 6) is -1.01. The maximum absolute atomic E-state index is 13.6. The maximum atomic E-state index is 13.6. The van der Waals surface area contributed by atoms with E-state index >= 15 is 0 Å². The fraction of sp³-hybridized carbons (Fsp3) is 0.296. The fourth-order valence-electron chi connectivity index (χ4n) is 4.40. The Labute approximate surface area is 186 Å².